The van der Waals surface area contributed by atoms with Gasteiger partial charge in [-0.15, -0.1) is 0 Å². The largest absolute Gasteiger partial charge is 0.453 e. The van der Waals surface area contributed by atoms with Gasteiger partial charge in [0.2, 0.25) is 11.8 Å². The number of amides is 2. The summed E-state index contributed by atoms with van der Waals surface area (Å²) in [6, 6.07) is 11.0. The van der Waals surface area contributed by atoms with Crippen LogP contribution in [0.1, 0.15) is 49.8 Å². The molecule has 0 aliphatic carbocycles. The highest BCUT2D eigenvalue weighted by atomic mass is 35.5. The number of nitrogens with zero attached hydrogens (tertiary/aromatic N) is 7. The van der Waals surface area contributed by atoms with Crippen molar-refractivity contribution < 1.29 is 23.1 Å². The Morgan fingerprint density at radius 2 is 1.74 bits per heavy atom. The first kappa shape index (κ1) is 35.9. The lowest BCUT2D eigenvalue weighted by Crippen LogP contribution is -2.53. The van der Waals surface area contributed by atoms with Crippen LogP contribution in [0.2, 0.25) is 5.02 Å². The van der Waals surface area contributed by atoms with E-state index in [2.05, 4.69) is 54.2 Å². The molecule has 2 aromatic carbocycles. The van der Waals surface area contributed by atoms with Gasteiger partial charge in [0.25, 0.3) is 0 Å². The third kappa shape index (κ3) is 7.12. The van der Waals surface area contributed by atoms with Crippen molar-refractivity contribution in [3.8, 4) is 22.9 Å². The fourth-order valence-electron chi connectivity index (χ4n) is 8.17. The lowest BCUT2D eigenvalue weighted by molar-refractivity contribution is -0.134. The van der Waals surface area contributed by atoms with Gasteiger partial charge in [-0.3, -0.25) is 24.5 Å². The molecule has 3 aliphatic heterocycles. The molecule has 3 aliphatic rings. The Bertz CT molecular complexity index is 2190. The summed E-state index contributed by atoms with van der Waals surface area (Å²) < 4.78 is 38.4. The van der Waals surface area contributed by atoms with Crippen molar-refractivity contribution in [3.63, 3.8) is 0 Å². The highest BCUT2D eigenvalue weighted by molar-refractivity contribution is 6.32. The van der Waals surface area contributed by atoms with Gasteiger partial charge >= 0.3 is 0 Å². The van der Waals surface area contributed by atoms with Crippen LogP contribution in [0, 0.1) is 24.5 Å². The first-order valence-corrected chi connectivity index (χ1v) is 18.8. The van der Waals surface area contributed by atoms with Crippen LogP contribution in [0.25, 0.3) is 22.6 Å². The molecule has 2 amide bonds. The van der Waals surface area contributed by atoms with E-state index in [4.69, 9.17) is 16.3 Å². The minimum Gasteiger partial charge on any atom is -0.453 e. The lowest BCUT2D eigenvalue weighted by atomic mass is 9.89. The molecule has 3 aromatic heterocycles. The molecule has 2 N–H and O–H groups in total. The average Bonchev–Trinajstić information content (AvgIpc) is 3.73. The molecule has 0 spiro atoms. The number of carbonyl (C=O) groups is 2. The second-order valence-corrected chi connectivity index (χ2v) is 15.1. The van der Waals surface area contributed by atoms with Gasteiger partial charge < -0.3 is 19.5 Å². The van der Waals surface area contributed by atoms with Gasteiger partial charge in [-0.25, -0.2) is 18.7 Å². The average molecular weight is 758 g/mol. The van der Waals surface area contributed by atoms with Gasteiger partial charge in [0.1, 0.15) is 33.7 Å². The maximum atomic E-state index is 15.2. The molecule has 12 nitrogen and oxygen atoms in total. The number of aryl methyl sites for hydroxylation is 2. The van der Waals surface area contributed by atoms with Crippen molar-refractivity contribution in [1.29, 1.82) is 0 Å². The van der Waals surface area contributed by atoms with Gasteiger partial charge in [-0.2, -0.15) is 5.10 Å². The normalized spacial score (nSPS) is 20.2. The molecule has 0 bridgehead atoms. The van der Waals surface area contributed by atoms with Crippen LogP contribution in [0.5, 0.6) is 11.5 Å². The number of piperazine rings is 1. The Kier molecular flexibility index (Phi) is 9.73. The molecule has 8 rings (SSSR count). The number of halogens is 3. The summed E-state index contributed by atoms with van der Waals surface area (Å²) in [4.78, 5) is 43.1. The van der Waals surface area contributed by atoms with E-state index in [1.807, 2.05) is 37.2 Å². The second-order valence-electron chi connectivity index (χ2n) is 14.7. The first-order chi connectivity index (χ1) is 26.0. The van der Waals surface area contributed by atoms with E-state index in [1.165, 1.54) is 12.1 Å². The van der Waals surface area contributed by atoms with Gasteiger partial charge in [0.05, 0.1) is 23.4 Å². The Morgan fingerprint density at radius 3 is 2.41 bits per heavy atom. The van der Waals surface area contributed by atoms with E-state index in [9.17, 15) is 9.59 Å². The molecule has 5 aromatic rings. The van der Waals surface area contributed by atoms with Crippen molar-refractivity contribution in [3.05, 3.63) is 76.7 Å². The summed E-state index contributed by atoms with van der Waals surface area (Å²) in [5.74, 6) is -1.30. The first-order valence-electron chi connectivity index (χ1n) is 18.4. The number of H-pyrrole nitrogens is 1. The molecule has 2 atom stereocenters. The number of aromatic nitrogens is 5. The summed E-state index contributed by atoms with van der Waals surface area (Å²) >= 11 is 6.57. The number of fused-ring (bicyclic) bond motifs is 1. The van der Waals surface area contributed by atoms with Crippen molar-refractivity contribution in [2.75, 3.05) is 49.1 Å². The molecular weight excluding hydrogens is 716 g/mol. The zero-order valence-electron chi connectivity index (χ0n) is 30.4. The molecule has 0 saturated carbocycles. The topological polar surface area (TPSA) is 125 Å². The van der Waals surface area contributed by atoms with Crippen molar-refractivity contribution in [2.24, 2.45) is 13.0 Å². The quantitative estimate of drug-likeness (QED) is 0.175. The fraction of sp³-hybridized carbons (Fsp3) is 0.410. The van der Waals surface area contributed by atoms with Gasteiger partial charge in [-0.1, -0.05) is 11.6 Å². The molecule has 54 heavy (non-hydrogen) atoms. The van der Waals surface area contributed by atoms with Crippen LogP contribution in [-0.4, -0.2) is 86.8 Å². The molecule has 6 heterocycles. The van der Waals surface area contributed by atoms with E-state index >= 15 is 8.78 Å². The van der Waals surface area contributed by atoms with Crippen LogP contribution in [0.4, 0.5) is 20.2 Å². The SMILES string of the molecule is Cc1nn(C)cc1-c1nc2ncc(Cl)c(Oc3ccc(N4CCN(CC5CCN(c6cc(F)c([C@H]7CCC(=O)NC7=O)c(F)c6)CC5)C[C@H]4C)cc3)c2[nH]1. The predicted molar refractivity (Wildman–Crippen MR) is 202 cm³/mol. The van der Waals surface area contributed by atoms with Crippen LogP contribution < -0.4 is 19.9 Å². The lowest BCUT2D eigenvalue weighted by Gasteiger charge is -2.43. The molecular formula is C39H42ClF2N9O3. The number of aromatic amines is 1. The summed E-state index contributed by atoms with van der Waals surface area (Å²) in [6.45, 7) is 9.31. The second kappa shape index (κ2) is 14.6. The number of piperidine rings is 2. The Hall–Kier alpha value is -5.08. The van der Waals surface area contributed by atoms with Gasteiger partial charge in [0, 0.05) is 81.9 Å². The number of anilines is 2. The highest BCUT2D eigenvalue weighted by Gasteiger charge is 2.34. The summed E-state index contributed by atoms with van der Waals surface area (Å²) in [7, 11) is 1.87. The number of hydrogen-bond donors (Lipinski definition) is 2. The van der Waals surface area contributed by atoms with Gasteiger partial charge in [0.15, 0.2) is 11.4 Å². The maximum Gasteiger partial charge on any atom is 0.234 e. The van der Waals surface area contributed by atoms with E-state index < -0.39 is 29.4 Å². The van der Waals surface area contributed by atoms with E-state index in [0.29, 0.717) is 64.2 Å². The minimum absolute atomic E-state index is 0.0658. The number of imide groups is 1. The number of imidazole rings is 1. The van der Waals surface area contributed by atoms with Crippen LogP contribution in [0.3, 0.4) is 0 Å². The summed E-state index contributed by atoms with van der Waals surface area (Å²) in [6.07, 6.45) is 5.47. The van der Waals surface area contributed by atoms with Crippen molar-refractivity contribution in [1.82, 2.24) is 34.9 Å². The maximum absolute atomic E-state index is 15.2. The standard InChI is InChI=1S/C39H42ClF2N9O3/c1-22-19-49(20-24-10-12-50(13-11-24)26-16-31(41)34(32(42)17-26)28-8-9-33(52)44-39(28)53)14-15-51(22)25-4-6-27(7-5-25)54-36-30(40)18-43-38-35(36)45-37(46-38)29-21-48(3)47-23(29)2/h4-7,16-18,21-22,24,28H,8-15,19-20H2,1-3H3,(H,43,45,46)(H,44,52,53)/t22-,28-/m1/s1. The Labute approximate surface area is 316 Å². The molecule has 3 fully saturated rings. The molecule has 15 heteroatoms. The number of carbonyl (C=O) groups excluding carboxylic acids is 2. The van der Waals surface area contributed by atoms with Crippen LogP contribution in [0.15, 0.2) is 48.8 Å². The number of hydrogen-bond acceptors (Lipinski definition) is 9. The molecule has 3 saturated heterocycles. The number of pyridine rings is 1. The van der Waals surface area contributed by atoms with E-state index in [1.54, 1.807) is 10.9 Å². The zero-order chi connectivity index (χ0) is 37.7. The van der Waals surface area contributed by atoms with Crippen molar-refractivity contribution in [2.45, 2.75) is 51.5 Å². The summed E-state index contributed by atoms with van der Waals surface area (Å²) in [5.41, 5.74) is 4.20. The third-order valence-corrected chi connectivity index (χ3v) is 11.2. The summed E-state index contributed by atoms with van der Waals surface area (Å²) in [5, 5.41) is 6.99. The zero-order valence-corrected chi connectivity index (χ0v) is 31.2. The number of nitrogens with one attached hydrogen (secondary N) is 2. The fourth-order valence-corrected chi connectivity index (χ4v) is 8.35. The van der Waals surface area contributed by atoms with Crippen LogP contribution in [-0.2, 0) is 16.6 Å². The van der Waals surface area contributed by atoms with E-state index in [-0.39, 0.29) is 18.4 Å². The van der Waals surface area contributed by atoms with Crippen LogP contribution >= 0.6 is 11.6 Å². The Balaban J connectivity index is 0.849. The van der Waals surface area contributed by atoms with Gasteiger partial charge in [-0.05, 0) is 75.4 Å². The molecule has 0 unspecified atom stereocenters. The molecule has 282 valence electrons. The number of ether oxygens (including phenoxy) is 1. The number of rotatable bonds is 8. The van der Waals surface area contributed by atoms with E-state index in [0.717, 1.165) is 56.0 Å². The Morgan fingerprint density at radius 1 is 1.00 bits per heavy atom. The number of benzene rings is 2. The molecule has 0 radical (unpaired) electrons. The van der Waals surface area contributed by atoms with Crippen molar-refractivity contribution >= 4 is 46.0 Å². The third-order valence-electron chi connectivity index (χ3n) is 10.9. The predicted octanol–water partition coefficient (Wildman–Crippen LogP) is 6.34. The monoisotopic (exact) mass is 757 g/mol. The minimum atomic E-state index is -0.998. The highest BCUT2D eigenvalue weighted by Crippen LogP contribution is 2.38. The smallest absolute Gasteiger partial charge is 0.234 e.